The van der Waals surface area contributed by atoms with Gasteiger partial charge in [0.15, 0.2) is 7.05 Å². The Labute approximate surface area is 550 Å². The minimum Gasteiger partial charge on any atom is -0.870 e. The van der Waals surface area contributed by atoms with E-state index in [4.69, 9.17) is 70.7 Å². The molecule has 4 aromatic carbocycles. The van der Waals surface area contributed by atoms with E-state index in [9.17, 15) is 54.3 Å². The number of pyridine rings is 2. The van der Waals surface area contributed by atoms with Gasteiger partial charge in [-0.2, -0.15) is 0 Å². The van der Waals surface area contributed by atoms with Gasteiger partial charge < -0.3 is 60.0 Å². The number of aromatic nitrogens is 2. The average Bonchev–Trinajstić information content (AvgIpc) is 3.35. The smallest absolute Gasteiger partial charge is 0.870 e. The number of rotatable bonds is 11. The van der Waals surface area contributed by atoms with E-state index in [0.717, 1.165) is 32.6 Å². The van der Waals surface area contributed by atoms with E-state index < -0.39 is 69.9 Å². The number of allylic oxidation sites excluding steroid dienone is 1. The molecule has 0 aliphatic rings. The number of methoxy groups -OCH3 is 4. The van der Waals surface area contributed by atoms with Crippen molar-refractivity contribution < 1.29 is 173 Å². The van der Waals surface area contributed by atoms with Crippen LogP contribution in [0.15, 0.2) is 102 Å². The van der Waals surface area contributed by atoms with Gasteiger partial charge in [-0.25, -0.2) is 18.8 Å². The van der Waals surface area contributed by atoms with E-state index in [1.807, 2.05) is 0 Å². The molecule has 6 rings (SSSR count). The first-order valence-electron chi connectivity index (χ1n) is 21.0. The number of hydrogen-bond donors (Lipinski definition) is 4. The van der Waals surface area contributed by atoms with Crippen LogP contribution in [0.2, 0.25) is 5.02 Å². The number of carbonyl (C=O) groups excluding carboxylic acids is 3. The molecule has 83 heavy (non-hydrogen) atoms. The summed E-state index contributed by atoms with van der Waals surface area (Å²) in [6, 6.07) is 19.6. The molecule has 0 atom stereocenters. The van der Waals surface area contributed by atoms with Crippen molar-refractivity contribution in [1.82, 2.24) is 9.97 Å². The Hall–Kier alpha value is -6.99. The first-order chi connectivity index (χ1) is 37.3. The summed E-state index contributed by atoms with van der Waals surface area (Å²) in [4.78, 5) is 107. The number of anilines is 1. The number of nitrogen functional groups attached to an aromatic ring is 1. The van der Waals surface area contributed by atoms with Crippen molar-refractivity contribution in [3.63, 3.8) is 0 Å². The van der Waals surface area contributed by atoms with Crippen LogP contribution in [0.1, 0.15) is 47.1 Å². The zero-order chi connectivity index (χ0) is 62.0. The molecule has 37 heteroatoms. The predicted octanol–water partition coefficient (Wildman–Crippen LogP) is 0.571. The topological polar surface area (TPSA) is 486 Å². The molecule has 0 aliphatic carbocycles. The molecular weight excluding hydrogens is 1240 g/mol. The Morgan fingerprint density at radius 3 is 1.51 bits per heavy atom. The van der Waals surface area contributed by atoms with E-state index in [2.05, 4.69) is 36.1 Å². The third-order valence-corrected chi connectivity index (χ3v) is 8.73. The number of fused-ring (bicyclic) bond motifs is 2. The summed E-state index contributed by atoms with van der Waals surface area (Å²) in [6.07, 6.45) is 4.47. The molecule has 0 amide bonds. The molecule has 0 fully saturated rings. The number of aliphatic carboxylic acids is 1. The second kappa shape index (κ2) is 45.5. The molecule has 0 spiro atoms. The normalized spacial score (nSPS) is 9.16. The summed E-state index contributed by atoms with van der Waals surface area (Å²) < 4.78 is 32.9. The largest absolute Gasteiger partial charge is 1.00 e. The van der Waals surface area contributed by atoms with Crippen molar-refractivity contribution >= 4 is 111 Å². The van der Waals surface area contributed by atoms with Crippen LogP contribution in [0.3, 0.4) is 0 Å². The molecule has 6 aromatic rings. The fourth-order valence-corrected chi connectivity index (χ4v) is 5.87. The van der Waals surface area contributed by atoms with Crippen LogP contribution in [0.4, 0.5) is 17.1 Å². The molecule has 0 radical (unpaired) electrons. The Bertz CT molecular complexity index is 3240. The maximum atomic E-state index is 11.8. The number of nitrogens with zero attached hydrogens (tertiary/aromatic N) is 5. The number of H-pyrrole nitrogens is 1. The second-order valence-electron chi connectivity index (χ2n) is 13.8. The van der Waals surface area contributed by atoms with Gasteiger partial charge in [-0.1, -0.05) is 41.9 Å². The predicted molar refractivity (Wildman–Crippen MR) is 290 cm³/mol. The van der Waals surface area contributed by atoms with Gasteiger partial charge in [0, 0.05) is 51.8 Å². The number of carbonyl (C=O) groups is 5. The SMILES string of the molecule is CC(=O)OC(C)=O.CC(=O)[O-].COc1cccc(C/C=C/[N+](=O)[O-])c1C(=O)O.COc1cccc(N)c1C(=O)O.COc1cccc2[nH]cc([N+](=O)[O-])c(=O)c12.COc1cccc2ncc([N+](=O)[O-])c(Cl)c12.C[N+](=O)[O-].O=S(Cl)Cl.[K+].[Na+].[OH-]. The molecule has 0 saturated carbocycles. The first-order valence-corrected chi connectivity index (χ1v) is 24.1. The standard InChI is InChI=1S/C11H11NO5.C10H7ClN2O3.C10H8N2O4.C8H9NO3.C4H6O3.C2H4O2.CH3NO2.Cl2OS.K.Na.H2O/c1-17-9-6-2-4-8(10(9)11(13)14)5-3-7-12(15)16;1-16-8-4-2-3-6-9(8)10(11)7(5-12-6)13(14)15;1-16-8-4-2-3-6-9(8)10(13)7(5-11-6)12(14)15;1-12-6-4-2-3-5(9)7(6)8(10)11;1-3(5)7-4(2)6;2*1-2(3)4;1-4(2)3;;;/h2-4,6-7H,5H2,1H3,(H,13,14);2-5H,1H3;2-5H,1H3,(H,11,13);2-4H,9H2,1H3,(H,10,11);1-2H3;1H3,(H,3,4);1H3;;;;1H2/q;;;;;;;;2*+1;/p-2/b7-3+;;;;;;;;;;. The van der Waals surface area contributed by atoms with Crippen LogP contribution in [-0.2, 0) is 34.8 Å². The van der Waals surface area contributed by atoms with Crippen LogP contribution in [-0.4, -0.2) is 115 Å². The van der Waals surface area contributed by atoms with Crippen molar-refractivity contribution in [1.29, 1.82) is 0 Å². The van der Waals surface area contributed by atoms with Crippen molar-refractivity contribution in [2.45, 2.75) is 27.2 Å². The van der Waals surface area contributed by atoms with E-state index in [-0.39, 0.29) is 137 Å². The summed E-state index contributed by atoms with van der Waals surface area (Å²) in [6.45, 7) is 3.34. The number of hydrogen-bond acceptors (Lipinski definition) is 24. The molecule has 440 valence electrons. The third-order valence-electron chi connectivity index (χ3n) is 8.35. The summed E-state index contributed by atoms with van der Waals surface area (Å²) >= 11 is 5.96. The van der Waals surface area contributed by atoms with Gasteiger partial charge in [-0.3, -0.25) is 54.8 Å². The number of aromatic carboxylic acids is 2. The number of nitrogens with one attached hydrogen (secondary N) is 1. The van der Waals surface area contributed by atoms with E-state index in [1.54, 1.807) is 60.7 Å². The molecule has 2 aromatic heterocycles. The average molecular weight is 1280 g/mol. The van der Waals surface area contributed by atoms with Crippen molar-refractivity contribution in [2.75, 3.05) is 41.2 Å². The van der Waals surface area contributed by atoms with Gasteiger partial charge in [-0.15, -0.1) is 0 Å². The molecule has 0 aliphatic heterocycles. The van der Waals surface area contributed by atoms with Gasteiger partial charge >= 0.3 is 116 Å². The number of benzene rings is 4. The van der Waals surface area contributed by atoms with Crippen molar-refractivity contribution in [2.24, 2.45) is 0 Å². The maximum Gasteiger partial charge on any atom is 1.00 e. The van der Waals surface area contributed by atoms with Crippen LogP contribution in [0.5, 0.6) is 23.0 Å². The summed E-state index contributed by atoms with van der Waals surface area (Å²) in [5.41, 5.74) is 5.88. The fourth-order valence-electron chi connectivity index (χ4n) is 5.57. The third kappa shape index (κ3) is 33.6. The van der Waals surface area contributed by atoms with E-state index in [1.165, 1.54) is 60.5 Å². The van der Waals surface area contributed by atoms with Gasteiger partial charge in [-0.05, 0) is 67.4 Å². The maximum absolute atomic E-state index is 11.8. The number of nitrogens with two attached hydrogens (primary N) is 1. The number of aromatic amines is 1. The Morgan fingerprint density at radius 1 is 0.723 bits per heavy atom. The molecular formula is C46H48Cl3KN7NaO24S. The van der Waals surface area contributed by atoms with Gasteiger partial charge in [0.25, 0.3) is 5.43 Å². The van der Waals surface area contributed by atoms with E-state index >= 15 is 0 Å². The zero-order valence-corrected chi connectivity index (χ0v) is 53.4. The molecule has 0 bridgehead atoms. The molecule has 2 heterocycles. The number of carboxylic acids is 3. The van der Waals surface area contributed by atoms with Crippen molar-refractivity contribution in [3.05, 3.63) is 170 Å². The minimum absolute atomic E-state index is 0. The first kappa shape index (κ1) is 84.8. The number of nitro groups is 4. The Balaban J connectivity index is -0.000000293. The zero-order valence-electron chi connectivity index (χ0n) is 45.2. The monoisotopic (exact) mass is 1280 g/mol. The fraction of sp³-hybridized carbons (Fsp3) is 0.196. The second-order valence-corrected chi connectivity index (χ2v) is 16.7. The molecule has 6 N–H and O–H groups in total. The van der Waals surface area contributed by atoms with Crippen LogP contribution in [0, 0.1) is 40.5 Å². The summed E-state index contributed by atoms with van der Waals surface area (Å²) in [5, 5.41) is 67.6. The van der Waals surface area contributed by atoms with Gasteiger partial charge in [0.05, 0.1) is 71.2 Å². The van der Waals surface area contributed by atoms with E-state index in [0.29, 0.717) is 33.5 Å². The number of ether oxygens (including phenoxy) is 5. The van der Waals surface area contributed by atoms with Crippen LogP contribution in [0.25, 0.3) is 21.8 Å². The quantitative estimate of drug-likeness (QED) is 0.0262. The number of carboxylic acid groups (broad SMARTS) is 3. The number of esters is 2. The molecule has 0 unspecified atom stereocenters. The van der Waals surface area contributed by atoms with Crippen molar-refractivity contribution in [3.8, 4) is 23.0 Å². The molecule has 0 saturated heterocycles. The molecule has 31 nitrogen and oxygen atoms in total. The Morgan fingerprint density at radius 2 is 1.12 bits per heavy atom. The van der Waals surface area contributed by atoms with Crippen LogP contribution < -0.4 is 116 Å². The van der Waals surface area contributed by atoms with Gasteiger partial charge in [0.1, 0.15) is 45.3 Å². The summed E-state index contributed by atoms with van der Waals surface area (Å²) in [7, 11) is 13.9. The number of halogens is 3. The van der Waals surface area contributed by atoms with Gasteiger partial charge in [0.2, 0.25) is 15.4 Å². The summed E-state index contributed by atoms with van der Waals surface area (Å²) in [5.74, 6) is -3.09. The Kier molecular flexibility index (Phi) is 46.5. The minimum atomic E-state index is -1.67. The van der Waals surface area contributed by atoms with Crippen LogP contribution >= 0.6 is 33.0 Å².